The molecule has 3 rings (SSSR count). The zero-order valence-electron chi connectivity index (χ0n) is 13.8. The fourth-order valence-electron chi connectivity index (χ4n) is 3.32. The Labute approximate surface area is 143 Å². The topological polar surface area (TPSA) is 68.1 Å². The average molecular weight is 348 g/mol. The van der Waals surface area contributed by atoms with Gasteiger partial charge in [0.15, 0.2) is 9.84 Å². The van der Waals surface area contributed by atoms with Gasteiger partial charge in [-0.2, -0.15) is 5.10 Å². The second kappa shape index (κ2) is 7.90. The Balaban J connectivity index is 1.46. The number of aromatic nitrogens is 3. The Morgan fingerprint density at radius 1 is 1.21 bits per heavy atom. The predicted octanol–water partition coefficient (Wildman–Crippen LogP) is 1.85. The van der Waals surface area contributed by atoms with Crippen molar-refractivity contribution >= 4 is 9.84 Å². The number of sulfone groups is 1. The van der Waals surface area contributed by atoms with Crippen LogP contribution in [0.4, 0.5) is 0 Å². The van der Waals surface area contributed by atoms with Crippen LogP contribution in [-0.2, 0) is 16.4 Å². The van der Waals surface area contributed by atoms with E-state index >= 15 is 0 Å². The molecule has 0 bridgehead atoms. The third-order valence-electron chi connectivity index (χ3n) is 4.50. The minimum Gasteiger partial charge on any atom is -0.303 e. The largest absolute Gasteiger partial charge is 0.303 e. The maximum atomic E-state index is 12.3. The van der Waals surface area contributed by atoms with Crippen LogP contribution >= 0.6 is 0 Å². The van der Waals surface area contributed by atoms with Gasteiger partial charge in [-0.05, 0) is 50.4 Å². The SMILES string of the molecule is O=S(=O)(CCCN1CCCC(Cn2cncn2)C1)c1ccccc1. The second-order valence-corrected chi connectivity index (χ2v) is 8.52. The van der Waals surface area contributed by atoms with Gasteiger partial charge < -0.3 is 4.90 Å². The molecule has 1 atom stereocenters. The van der Waals surface area contributed by atoms with Crippen LogP contribution in [0.3, 0.4) is 0 Å². The molecule has 0 amide bonds. The van der Waals surface area contributed by atoms with Crippen LogP contribution in [0.25, 0.3) is 0 Å². The highest BCUT2D eigenvalue weighted by atomic mass is 32.2. The first-order chi connectivity index (χ1) is 11.6. The van der Waals surface area contributed by atoms with E-state index in [2.05, 4.69) is 15.0 Å². The highest BCUT2D eigenvalue weighted by Crippen LogP contribution is 2.19. The van der Waals surface area contributed by atoms with E-state index in [9.17, 15) is 8.42 Å². The summed E-state index contributed by atoms with van der Waals surface area (Å²) in [6, 6.07) is 8.72. The van der Waals surface area contributed by atoms with Crippen molar-refractivity contribution in [2.45, 2.75) is 30.7 Å². The van der Waals surface area contributed by atoms with Crippen LogP contribution in [-0.4, -0.2) is 53.5 Å². The van der Waals surface area contributed by atoms with E-state index in [0.717, 1.165) is 32.6 Å². The van der Waals surface area contributed by atoms with E-state index in [1.54, 1.807) is 36.9 Å². The molecule has 1 aromatic heterocycles. The maximum Gasteiger partial charge on any atom is 0.178 e. The van der Waals surface area contributed by atoms with E-state index in [-0.39, 0.29) is 5.75 Å². The molecule has 1 aromatic carbocycles. The fourth-order valence-corrected chi connectivity index (χ4v) is 4.64. The Kier molecular flexibility index (Phi) is 5.63. The molecule has 7 heteroatoms. The number of piperidine rings is 1. The van der Waals surface area contributed by atoms with Crippen molar-refractivity contribution in [2.24, 2.45) is 5.92 Å². The van der Waals surface area contributed by atoms with Crippen molar-refractivity contribution in [1.29, 1.82) is 0 Å². The number of rotatable bonds is 7. The number of benzene rings is 1. The zero-order chi connectivity index (χ0) is 16.8. The molecule has 0 N–H and O–H groups in total. The lowest BCUT2D eigenvalue weighted by molar-refractivity contribution is 0.160. The molecule has 0 aliphatic carbocycles. The van der Waals surface area contributed by atoms with Crippen molar-refractivity contribution in [3.63, 3.8) is 0 Å². The molecule has 1 aliphatic heterocycles. The standard InChI is InChI=1S/C17H24N4O2S/c22-24(23,17-7-2-1-3-8-17)11-5-10-20-9-4-6-16(12-20)13-21-15-18-14-19-21/h1-3,7-8,14-16H,4-6,9-13H2. The highest BCUT2D eigenvalue weighted by molar-refractivity contribution is 7.91. The van der Waals surface area contributed by atoms with E-state index in [0.29, 0.717) is 17.2 Å². The van der Waals surface area contributed by atoms with Crippen molar-refractivity contribution in [1.82, 2.24) is 19.7 Å². The minimum absolute atomic E-state index is 0.210. The van der Waals surface area contributed by atoms with Gasteiger partial charge in [0.05, 0.1) is 10.6 Å². The van der Waals surface area contributed by atoms with Gasteiger partial charge in [0.1, 0.15) is 12.7 Å². The lowest BCUT2D eigenvalue weighted by Gasteiger charge is -2.32. The van der Waals surface area contributed by atoms with Crippen molar-refractivity contribution < 1.29 is 8.42 Å². The molecule has 1 fully saturated rings. The quantitative estimate of drug-likeness (QED) is 0.764. The van der Waals surface area contributed by atoms with Gasteiger partial charge in [-0.25, -0.2) is 13.4 Å². The van der Waals surface area contributed by atoms with E-state index in [1.165, 1.54) is 6.42 Å². The smallest absolute Gasteiger partial charge is 0.178 e. The molecular formula is C17H24N4O2S. The maximum absolute atomic E-state index is 12.3. The Hall–Kier alpha value is -1.73. The fraction of sp³-hybridized carbons (Fsp3) is 0.529. The monoisotopic (exact) mass is 348 g/mol. The molecule has 1 aliphatic rings. The first-order valence-corrected chi connectivity index (χ1v) is 10.1. The number of hydrogen-bond donors (Lipinski definition) is 0. The van der Waals surface area contributed by atoms with Crippen molar-refractivity contribution in [3.05, 3.63) is 43.0 Å². The molecule has 0 spiro atoms. The molecule has 2 aromatic rings. The number of nitrogens with zero attached hydrogens (tertiary/aromatic N) is 4. The zero-order valence-corrected chi connectivity index (χ0v) is 14.6. The molecule has 1 saturated heterocycles. The Morgan fingerprint density at radius 2 is 2.04 bits per heavy atom. The van der Waals surface area contributed by atoms with E-state index < -0.39 is 9.84 Å². The lowest BCUT2D eigenvalue weighted by atomic mass is 9.98. The molecule has 1 unspecified atom stereocenters. The molecule has 2 heterocycles. The summed E-state index contributed by atoms with van der Waals surface area (Å²) in [5.41, 5.74) is 0. The molecule has 0 radical (unpaired) electrons. The average Bonchev–Trinajstić information content (AvgIpc) is 3.09. The Morgan fingerprint density at radius 3 is 2.79 bits per heavy atom. The van der Waals surface area contributed by atoms with Crippen molar-refractivity contribution in [2.75, 3.05) is 25.4 Å². The third-order valence-corrected chi connectivity index (χ3v) is 6.32. The summed E-state index contributed by atoms with van der Waals surface area (Å²) in [6.07, 6.45) is 6.34. The van der Waals surface area contributed by atoms with Gasteiger partial charge in [-0.15, -0.1) is 0 Å². The molecule has 24 heavy (non-hydrogen) atoms. The molecule has 130 valence electrons. The van der Waals surface area contributed by atoms with Crippen LogP contribution in [0.15, 0.2) is 47.9 Å². The van der Waals surface area contributed by atoms with Gasteiger partial charge in [-0.1, -0.05) is 18.2 Å². The molecular weight excluding hydrogens is 324 g/mol. The van der Waals surface area contributed by atoms with Crippen LogP contribution < -0.4 is 0 Å². The normalized spacial score (nSPS) is 19.4. The number of likely N-dealkylation sites (tertiary alicyclic amines) is 1. The lowest BCUT2D eigenvalue weighted by Crippen LogP contribution is -2.38. The van der Waals surface area contributed by atoms with Gasteiger partial charge in [0.25, 0.3) is 0 Å². The molecule has 0 saturated carbocycles. The van der Waals surface area contributed by atoms with Crippen LogP contribution in [0.1, 0.15) is 19.3 Å². The first kappa shape index (κ1) is 17.1. The van der Waals surface area contributed by atoms with E-state index in [4.69, 9.17) is 0 Å². The molecule has 6 nitrogen and oxygen atoms in total. The summed E-state index contributed by atoms with van der Waals surface area (Å²) in [5.74, 6) is 0.771. The van der Waals surface area contributed by atoms with Crippen LogP contribution in [0.5, 0.6) is 0 Å². The van der Waals surface area contributed by atoms with Crippen LogP contribution in [0, 0.1) is 5.92 Å². The minimum atomic E-state index is -3.16. The van der Waals surface area contributed by atoms with E-state index in [1.807, 2.05) is 10.7 Å². The van der Waals surface area contributed by atoms with Gasteiger partial charge in [-0.3, -0.25) is 4.68 Å². The van der Waals surface area contributed by atoms with Gasteiger partial charge in [0, 0.05) is 13.1 Å². The Bertz CT molecular complexity index is 716. The van der Waals surface area contributed by atoms with Gasteiger partial charge >= 0.3 is 0 Å². The summed E-state index contributed by atoms with van der Waals surface area (Å²) >= 11 is 0. The third kappa shape index (κ3) is 4.64. The summed E-state index contributed by atoms with van der Waals surface area (Å²) in [7, 11) is -3.16. The van der Waals surface area contributed by atoms with Crippen molar-refractivity contribution in [3.8, 4) is 0 Å². The van der Waals surface area contributed by atoms with Crippen LogP contribution in [0.2, 0.25) is 0 Å². The predicted molar refractivity (Wildman–Crippen MR) is 92.3 cm³/mol. The number of hydrogen-bond acceptors (Lipinski definition) is 5. The summed E-state index contributed by atoms with van der Waals surface area (Å²) < 4.78 is 26.5. The summed E-state index contributed by atoms with van der Waals surface area (Å²) in [6.45, 7) is 3.78. The highest BCUT2D eigenvalue weighted by Gasteiger charge is 2.21. The summed E-state index contributed by atoms with van der Waals surface area (Å²) in [5, 5.41) is 4.17. The first-order valence-electron chi connectivity index (χ1n) is 8.46. The second-order valence-electron chi connectivity index (χ2n) is 6.41. The summed E-state index contributed by atoms with van der Waals surface area (Å²) in [4.78, 5) is 6.79. The van der Waals surface area contributed by atoms with Gasteiger partial charge in [0.2, 0.25) is 0 Å².